The Kier molecular flexibility index (Phi) is 4.14. The van der Waals surface area contributed by atoms with Gasteiger partial charge >= 0.3 is 0 Å². The van der Waals surface area contributed by atoms with Gasteiger partial charge in [0.1, 0.15) is 5.82 Å². The molecule has 0 saturated heterocycles. The Hall–Kier alpha value is -1.81. The van der Waals surface area contributed by atoms with E-state index in [9.17, 15) is 4.39 Å². The largest absolute Gasteiger partial charge is 0.330 e. The van der Waals surface area contributed by atoms with Crippen LogP contribution in [0.3, 0.4) is 0 Å². The molecule has 2 aromatic rings. The van der Waals surface area contributed by atoms with Crippen molar-refractivity contribution in [2.45, 2.75) is 33.6 Å². The number of hydrogen-bond acceptors (Lipinski definition) is 3. The van der Waals surface area contributed by atoms with Gasteiger partial charge in [-0.3, -0.25) is 0 Å². The first-order chi connectivity index (χ1) is 9.43. The molecule has 2 N–H and O–H groups in total. The number of nitrogens with zero attached hydrogens (tertiary/aromatic N) is 2. The quantitative estimate of drug-likeness (QED) is 0.933. The summed E-state index contributed by atoms with van der Waals surface area (Å²) in [6, 6.07) is 4.94. The van der Waals surface area contributed by atoms with Gasteiger partial charge in [0.05, 0.1) is 0 Å². The van der Waals surface area contributed by atoms with E-state index in [1.807, 2.05) is 13.8 Å². The number of nitrogens with two attached hydrogens (primary N) is 1. The van der Waals surface area contributed by atoms with Gasteiger partial charge in [0.15, 0.2) is 5.82 Å². The SMILES string of the molecule is Cc1cc(-c2nc(C)c(C(C)CN)c(C)n2)ccc1F. The fourth-order valence-electron chi connectivity index (χ4n) is 2.47. The van der Waals surface area contributed by atoms with E-state index in [4.69, 9.17) is 5.73 Å². The van der Waals surface area contributed by atoms with Crippen molar-refractivity contribution in [1.29, 1.82) is 0 Å². The molecular formula is C16H20FN3. The maximum absolute atomic E-state index is 13.3. The third kappa shape index (κ3) is 2.70. The van der Waals surface area contributed by atoms with Gasteiger partial charge in [0, 0.05) is 17.0 Å². The molecule has 1 unspecified atom stereocenters. The summed E-state index contributed by atoms with van der Waals surface area (Å²) in [5.41, 5.74) is 10.1. The van der Waals surface area contributed by atoms with Gasteiger partial charge in [-0.05, 0) is 62.6 Å². The van der Waals surface area contributed by atoms with Gasteiger partial charge in [-0.1, -0.05) is 6.92 Å². The molecule has 1 heterocycles. The molecule has 1 aromatic carbocycles. The first kappa shape index (κ1) is 14.6. The van der Waals surface area contributed by atoms with Crippen molar-refractivity contribution in [2.75, 3.05) is 6.54 Å². The highest BCUT2D eigenvalue weighted by molar-refractivity contribution is 5.57. The predicted octanol–water partition coefficient (Wildman–Crippen LogP) is 3.27. The summed E-state index contributed by atoms with van der Waals surface area (Å²) in [6.45, 7) is 8.32. The van der Waals surface area contributed by atoms with E-state index in [0.717, 1.165) is 22.5 Å². The van der Waals surface area contributed by atoms with Crippen molar-refractivity contribution in [3.8, 4) is 11.4 Å². The van der Waals surface area contributed by atoms with Gasteiger partial charge in [0.25, 0.3) is 0 Å². The Morgan fingerprint density at radius 3 is 2.25 bits per heavy atom. The standard InChI is InChI=1S/C16H20FN3/c1-9-7-13(5-6-14(9)17)16-19-11(3)15(10(2)8-18)12(4)20-16/h5-7,10H,8,18H2,1-4H3. The summed E-state index contributed by atoms with van der Waals surface area (Å²) in [7, 11) is 0. The maximum Gasteiger partial charge on any atom is 0.159 e. The first-order valence-corrected chi connectivity index (χ1v) is 6.75. The molecule has 106 valence electrons. The summed E-state index contributed by atoms with van der Waals surface area (Å²) in [4.78, 5) is 9.11. The topological polar surface area (TPSA) is 51.8 Å². The minimum absolute atomic E-state index is 0.212. The molecule has 2 rings (SSSR count). The first-order valence-electron chi connectivity index (χ1n) is 6.75. The molecule has 0 aliphatic heterocycles. The minimum atomic E-state index is -0.212. The van der Waals surface area contributed by atoms with Crippen LogP contribution in [-0.4, -0.2) is 16.5 Å². The van der Waals surface area contributed by atoms with Crippen LogP contribution in [0.5, 0.6) is 0 Å². The van der Waals surface area contributed by atoms with Crippen molar-refractivity contribution in [3.05, 3.63) is 46.5 Å². The van der Waals surface area contributed by atoms with Gasteiger partial charge in [-0.2, -0.15) is 0 Å². The second kappa shape index (κ2) is 5.67. The number of rotatable bonds is 3. The van der Waals surface area contributed by atoms with Gasteiger partial charge < -0.3 is 5.73 Å². The fraction of sp³-hybridized carbons (Fsp3) is 0.375. The second-order valence-corrected chi connectivity index (χ2v) is 5.23. The highest BCUT2D eigenvalue weighted by Crippen LogP contribution is 2.25. The predicted molar refractivity (Wildman–Crippen MR) is 79.1 cm³/mol. The van der Waals surface area contributed by atoms with Crippen molar-refractivity contribution >= 4 is 0 Å². The molecule has 1 aromatic heterocycles. The van der Waals surface area contributed by atoms with Crippen LogP contribution in [0.4, 0.5) is 4.39 Å². The Morgan fingerprint density at radius 2 is 1.75 bits per heavy atom. The van der Waals surface area contributed by atoms with Crippen LogP contribution in [0.15, 0.2) is 18.2 Å². The Bertz CT molecular complexity index is 615. The summed E-state index contributed by atoms with van der Waals surface area (Å²) in [6.07, 6.45) is 0. The van der Waals surface area contributed by atoms with Crippen molar-refractivity contribution in [3.63, 3.8) is 0 Å². The van der Waals surface area contributed by atoms with Crippen LogP contribution < -0.4 is 5.73 Å². The van der Waals surface area contributed by atoms with E-state index in [1.54, 1.807) is 19.1 Å². The lowest BCUT2D eigenvalue weighted by Crippen LogP contribution is -2.14. The van der Waals surface area contributed by atoms with E-state index in [2.05, 4.69) is 16.9 Å². The number of aryl methyl sites for hydroxylation is 3. The highest BCUT2D eigenvalue weighted by Gasteiger charge is 2.15. The molecule has 0 aliphatic carbocycles. The number of hydrogen-bond donors (Lipinski definition) is 1. The number of aromatic nitrogens is 2. The Morgan fingerprint density at radius 1 is 1.15 bits per heavy atom. The Balaban J connectivity index is 2.51. The third-order valence-electron chi connectivity index (χ3n) is 3.59. The third-order valence-corrected chi connectivity index (χ3v) is 3.59. The summed E-state index contributed by atoms with van der Waals surface area (Å²) < 4.78 is 13.3. The highest BCUT2D eigenvalue weighted by atomic mass is 19.1. The summed E-state index contributed by atoms with van der Waals surface area (Å²) in [5.74, 6) is 0.658. The average molecular weight is 273 g/mol. The zero-order chi connectivity index (χ0) is 14.9. The van der Waals surface area contributed by atoms with Gasteiger partial charge in [-0.15, -0.1) is 0 Å². The molecule has 3 nitrogen and oxygen atoms in total. The molecule has 1 atom stereocenters. The summed E-state index contributed by atoms with van der Waals surface area (Å²) in [5, 5.41) is 0. The lowest BCUT2D eigenvalue weighted by molar-refractivity contribution is 0.618. The molecule has 0 radical (unpaired) electrons. The van der Waals surface area contributed by atoms with Crippen molar-refractivity contribution in [2.24, 2.45) is 5.73 Å². The zero-order valence-corrected chi connectivity index (χ0v) is 12.4. The van der Waals surface area contributed by atoms with E-state index in [1.165, 1.54) is 6.07 Å². The van der Waals surface area contributed by atoms with Gasteiger partial charge in [-0.25, -0.2) is 14.4 Å². The normalized spacial score (nSPS) is 12.5. The van der Waals surface area contributed by atoms with Gasteiger partial charge in [0.2, 0.25) is 0 Å². The molecule has 20 heavy (non-hydrogen) atoms. The van der Waals surface area contributed by atoms with Crippen LogP contribution in [-0.2, 0) is 0 Å². The van der Waals surface area contributed by atoms with Crippen LogP contribution in [0.2, 0.25) is 0 Å². The van der Waals surface area contributed by atoms with Crippen molar-refractivity contribution < 1.29 is 4.39 Å². The van der Waals surface area contributed by atoms with E-state index in [0.29, 0.717) is 17.9 Å². The fourth-order valence-corrected chi connectivity index (χ4v) is 2.47. The van der Waals surface area contributed by atoms with E-state index < -0.39 is 0 Å². The molecule has 4 heteroatoms. The monoisotopic (exact) mass is 273 g/mol. The number of benzene rings is 1. The lowest BCUT2D eigenvalue weighted by atomic mass is 9.98. The van der Waals surface area contributed by atoms with Crippen LogP contribution in [0, 0.1) is 26.6 Å². The molecule has 0 bridgehead atoms. The maximum atomic E-state index is 13.3. The molecule has 0 saturated carbocycles. The molecule has 0 spiro atoms. The number of halogens is 1. The molecule has 0 amide bonds. The van der Waals surface area contributed by atoms with Crippen LogP contribution >= 0.6 is 0 Å². The van der Waals surface area contributed by atoms with E-state index >= 15 is 0 Å². The van der Waals surface area contributed by atoms with E-state index in [-0.39, 0.29) is 11.7 Å². The smallest absolute Gasteiger partial charge is 0.159 e. The molecule has 0 aliphatic rings. The minimum Gasteiger partial charge on any atom is -0.330 e. The Labute approximate surface area is 119 Å². The van der Waals surface area contributed by atoms with Crippen LogP contribution in [0.1, 0.15) is 35.4 Å². The summed E-state index contributed by atoms with van der Waals surface area (Å²) >= 11 is 0. The zero-order valence-electron chi connectivity index (χ0n) is 12.4. The lowest BCUT2D eigenvalue weighted by Gasteiger charge is -2.16. The molecule has 0 fully saturated rings. The second-order valence-electron chi connectivity index (χ2n) is 5.23. The average Bonchev–Trinajstić information content (AvgIpc) is 2.40. The van der Waals surface area contributed by atoms with Crippen LogP contribution in [0.25, 0.3) is 11.4 Å². The molecular weight excluding hydrogens is 253 g/mol. The van der Waals surface area contributed by atoms with Crippen molar-refractivity contribution in [1.82, 2.24) is 9.97 Å².